The average Bonchev–Trinajstić information content (AvgIpc) is 2.45. The molecule has 0 aliphatic heterocycles. The average molecular weight is 292 g/mol. The molecule has 0 saturated heterocycles. The molecule has 2 atom stereocenters. The molecular formula is C16H24N2O3. The van der Waals surface area contributed by atoms with E-state index >= 15 is 0 Å². The van der Waals surface area contributed by atoms with Crippen LogP contribution < -0.4 is 0 Å². The molecule has 5 nitrogen and oxygen atoms in total. The Kier molecular flexibility index (Phi) is 5.47. The molecule has 2 unspecified atom stereocenters. The SMILES string of the molecule is CC(c1ccncc1)N(C)C(=O)CC(C)(C(=O)O)C(C)C. The lowest BCUT2D eigenvalue weighted by molar-refractivity contribution is -0.155. The first kappa shape index (κ1) is 17.1. The second-order valence-electron chi connectivity index (χ2n) is 6.02. The third-order valence-corrected chi connectivity index (χ3v) is 4.44. The molecule has 1 amide bonds. The largest absolute Gasteiger partial charge is 0.481 e. The summed E-state index contributed by atoms with van der Waals surface area (Å²) in [5.74, 6) is -1.22. The summed E-state index contributed by atoms with van der Waals surface area (Å²) in [6, 6.07) is 3.59. The van der Waals surface area contributed by atoms with Crippen LogP contribution in [0.15, 0.2) is 24.5 Å². The zero-order valence-electron chi connectivity index (χ0n) is 13.3. The summed E-state index contributed by atoms with van der Waals surface area (Å²) in [7, 11) is 1.70. The molecule has 21 heavy (non-hydrogen) atoms. The van der Waals surface area contributed by atoms with Gasteiger partial charge >= 0.3 is 5.97 Å². The van der Waals surface area contributed by atoms with Gasteiger partial charge in [0.15, 0.2) is 0 Å². The van der Waals surface area contributed by atoms with Gasteiger partial charge < -0.3 is 10.0 Å². The molecule has 5 heteroatoms. The molecule has 1 rings (SSSR count). The first-order valence-electron chi connectivity index (χ1n) is 7.09. The minimum absolute atomic E-state index is 0.00801. The van der Waals surface area contributed by atoms with Gasteiger partial charge in [0.1, 0.15) is 0 Å². The van der Waals surface area contributed by atoms with Crippen LogP contribution in [0.25, 0.3) is 0 Å². The Bertz CT molecular complexity index is 502. The maximum Gasteiger partial charge on any atom is 0.310 e. The molecule has 1 N–H and O–H groups in total. The number of pyridine rings is 1. The maximum atomic E-state index is 12.4. The van der Waals surface area contributed by atoms with Gasteiger partial charge in [-0.05, 0) is 37.5 Å². The summed E-state index contributed by atoms with van der Waals surface area (Å²) >= 11 is 0. The topological polar surface area (TPSA) is 70.5 Å². The van der Waals surface area contributed by atoms with Crippen molar-refractivity contribution >= 4 is 11.9 Å². The van der Waals surface area contributed by atoms with Crippen LogP contribution in [0.2, 0.25) is 0 Å². The summed E-state index contributed by atoms with van der Waals surface area (Å²) in [6.07, 6.45) is 3.35. The van der Waals surface area contributed by atoms with Crippen LogP contribution in [0.3, 0.4) is 0 Å². The zero-order chi connectivity index (χ0) is 16.2. The smallest absolute Gasteiger partial charge is 0.310 e. The van der Waals surface area contributed by atoms with E-state index in [0.29, 0.717) is 0 Å². The van der Waals surface area contributed by atoms with E-state index in [9.17, 15) is 14.7 Å². The summed E-state index contributed by atoms with van der Waals surface area (Å²) in [5, 5.41) is 9.41. The molecule has 1 aromatic rings. The van der Waals surface area contributed by atoms with Crippen molar-refractivity contribution in [2.75, 3.05) is 7.05 Å². The summed E-state index contributed by atoms with van der Waals surface area (Å²) < 4.78 is 0. The zero-order valence-corrected chi connectivity index (χ0v) is 13.3. The lowest BCUT2D eigenvalue weighted by Gasteiger charge is -2.32. The van der Waals surface area contributed by atoms with Gasteiger partial charge in [0, 0.05) is 25.9 Å². The molecule has 1 heterocycles. The highest BCUT2D eigenvalue weighted by molar-refractivity contribution is 5.85. The fourth-order valence-electron chi connectivity index (χ4n) is 2.05. The first-order valence-corrected chi connectivity index (χ1v) is 7.09. The van der Waals surface area contributed by atoms with Gasteiger partial charge in [0.25, 0.3) is 0 Å². The number of amides is 1. The predicted octanol–water partition coefficient (Wildman–Crippen LogP) is 2.74. The summed E-state index contributed by atoms with van der Waals surface area (Å²) in [6.45, 7) is 7.20. The maximum absolute atomic E-state index is 12.4. The number of carboxylic acids is 1. The molecule has 1 aromatic heterocycles. The van der Waals surface area contributed by atoms with E-state index in [4.69, 9.17) is 0 Å². The van der Waals surface area contributed by atoms with Crippen LogP contribution in [0.4, 0.5) is 0 Å². The van der Waals surface area contributed by atoms with Crippen LogP contribution in [-0.4, -0.2) is 33.9 Å². The molecule has 0 fully saturated rings. The monoisotopic (exact) mass is 292 g/mol. The Morgan fingerprint density at radius 2 is 1.81 bits per heavy atom. The molecule has 0 bridgehead atoms. The standard InChI is InChI=1S/C16H24N2O3/c1-11(2)16(4,15(20)21)10-14(19)18(5)12(3)13-6-8-17-9-7-13/h6-9,11-12H,10H2,1-5H3,(H,20,21). The molecule has 116 valence electrons. The van der Waals surface area contributed by atoms with Gasteiger partial charge in [-0.2, -0.15) is 0 Å². The minimum atomic E-state index is -1.05. The fourth-order valence-corrected chi connectivity index (χ4v) is 2.05. The number of hydrogen-bond acceptors (Lipinski definition) is 3. The number of rotatable bonds is 6. The van der Waals surface area contributed by atoms with E-state index in [-0.39, 0.29) is 24.3 Å². The number of carboxylic acid groups (broad SMARTS) is 1. The van der Waals surface area contributed by atoms with E-state index in [1.54, 1.807) is 31.3 Å². The molecule has 0 aromatic carbocycles. The van der Waals surface area contributed by atoms with Crippen molar-refractivity contribution in [2.45, 2.75) is 40.2 Å². The Labute approximate surface area is 126 Å². The summed E-state index contributed by atoms with van der Waals surface area (Å²) in [4.78, 5) is 29.5. The van der Waals surface area contributed by atoms with Gasteiger partial charge in [-0.1, -0.05) is 13.8 Å². The minimum Gasteiger partial charge on any atom is -0.481 e. The predicted molar refractivity (Wildman–Crippen MR) is 80.6 cm³/mol. The highest BCUT2D eigenvalue weighted by Crippen LogP contribution is 2.33. The number of nitrogens with zero attached hydrogens (tertiary/aromatic N) is 2. The molecular weight excluding hydrogens is 268 g/mol. The third-order valence-electron chi connectivity index (χ3n) is 4.44. The van der Waals surface area contributed by atoms with E-state index in [1.165, 1.54) is 0 Å². The van der Waals surface area contributed by atoms with Crippen LogP contribution >= 0.6 is 0 Å². The van der Waals surface area contributed by atoms with E-state index in [0.717, 1.165) is 5.56 Å². The van der Waals surface area contributed by atoms with Gasteiger partial charge in [-0.3, -0.25) is 14.6 Å². The van der Waals surface area contributed by atoms with Crippen LogP contribution in [0.5, 0.6) is 0 Å². The molecule has 0 aliphatic carbocycles. The normalized spacial score (nSPS) is 15.3. The van der Waals surface area contributed by atoms with Crippen LogP contribution in [0.1, 0.15) is 45.7 Å². The quantitative estimate of drug-likeness (QED) is 0.875. The van der Waals surface area contributed by atoms with Crippen molar-refractivity contribution < 1.29 is 14.7 Å². The van der Waals surface area contributed by atoms with Crippen LogP contribution in [-0.2, 0) is 9.59 Å². The van der Waals surface area contributed by atoms with Crippen molar-refractivity contribution in [3.63, 3.8) is 0 Å². The number of hydrogen-bond donors (Lipinski definition) is 1. The van der Waals surface area contributed by atoms with Gasteiger partial charge in [-0.15, -0.1) is 0 Å². The number of carbonyl (C=O) groups is 2. The fraction of sp³-hybridized carbons (Fsp3) is 0.562. The molecule has 0 radical (unpaired) electrons. The van der Waals surface area contributed by atoms with Crippen molar-refractivity contribution in [3.8, 4) is 0 Å². The van der Waals surface area contributed by atoms with Crippen molar-refractivity contribution in [1.29, 1.82) is 0 Å². The Hall–Kier alpha value is -1.91. The Morgan fingerprint density at radius 1 is 1.29 bits per heavy atom. The second kappa shape index (κ2) is 6.70. The highest BCUT2D eigenvalue weighted by atomic mass is 16.4. The second-order valence-corrected chi connectivity index (χ2v) is 6.02. The van der Waals surface area contributed by atoms with Gasteiger partial charge in [0.2, 0.25) is 5.91 Å². The number of carbonyl (C=O) groups excluding carboxylic acids is 1. The Morgan fingerprint density at radius 3 is 2.24 bits per heavy atom. The number of aliphatic carboxylic acids is 1. The van der Waals surface area contributed by atoms with Gasteiger partial charge in [0.05, 0.1) is 11.5 Å². The lowest BCUT2D eigenvalue weighted by Crippen LogP contribution is -2.40. The molecule has 0 spiro atoms. The highest BCUT2D eigenvalue weighted by Gasteiger charge is 2.40. The van der Waals surface area contributed by atoms with Gasteiger partial charge in [-0.25, -0.2) is 0 Å². The van der Waals surface area contributed by atoms with Crippen LogP contribution in [0, 0.1) is 11.3 Å². The third kappa shape index (κ3) is 3.80. The summed E-state index contributed by atoms with van der Waals surface area (Å²) in [5.41, 5.74) is -0.0778. The van der Waals surface area contributed by atoms with E-state index in [2.05, 4.69) is 4.98 Å². The number of aromatic nitrogens is 1. The first-order chi connectivity index (χ1) is 9.70. The van der Waals surface area contributed by atoms with Crippen molar-refractivity contribution in [2.24, 2.45) is 11.3 Å². The van der Waals surface area contributed by atoms with E-state index < -0.39 is 11.4 Å². The lowest BCUT2D eigenvalue weighted by atomic mass is 9.76. The van der Waals surface area contributed by atoms with Crippen molar-refractivity contribution in [1.82, 2.24) is 9.88 Å². The molecule has 0 saturated carbocycles. The van der Waals surface area contributed by atoms with E-state index in [1.807, 2.05) is 32.9 Å². The molecule has 0 aliphatic rings. The van der Waals surface area contributed by atoms with Crippen molar-refractivity contribution in [3.05, 3.63) is 30.1 Å². The Balaban J connectivity index is 2.86.